The Hall–Kier alpha value is -1.94. The summed E-state index contributed by atoms with van der Waals surface area (Å²) < 4.78 is 68.9. The van der Waals surface area contributed by atoms with E-state index in [0.29, 0.717) is 31.6 Å². The first kappa shape index (κ1) is 103. The fraction of sp³-hybridized carbons (Fsp3) is 0.953. The average molecular weight is 1540 g/mol. The summed E-state index contributed by atoms with van der Waals surface area (Å²) in [6.45, 7) is 14.3. The van der Waals surface area contributed by atoms with E-state index in [1.807, 2.05) is 0 Å². The van der Waals surface area contributed by atoms with Crippen LogP contribution in [0.25, 0.3) is 0 Å². The SMILES string of the molecule is CCC(C)CCCCCCCCCCCCCCCCCCCCC(=O)O[C@H](COC(=O)CCCCCCCCCCCCCC(C)C)COP(=O)(O)OCC(O)COP(=O)(O)OC[C@@H](COC(=O)CCCCCCCCCC(C)C)OC(=O)CCCCCCCCCCCCCCCCCCC(C)C. The first-order valence-electron chi connectivity index (χ1n) is 44.2. The lowest BCUT2D eigenvalue weighted by molar-refractivity contribution is -0.161. The highest BCUT2D eigenvalue weighted by Crippen LogP contribution is 2.45. The molecule has 0 aliphatic heterocycles. The highest BCUT2D eigenvalue weighted by atomic mass is 31.2. The van der Waals surface area contributed by atoms with Crippen LogP contribution in [0, 0.1) is 23.7 Å². The molecule has 3 N–H and O–H groups in total. The summed E-state index contributed by atoms with van der Waals surface area (Å²) in [4.78, 5) is 73.2. The first-order valence-corrected chi connectivity index (χ1v) is 47.2. The molecule has 0 aromatic rings. The number of ether oxygens (including phenoxy) is 4. The molecule has 6 atom stereocenters. The van der Waals surface area contributed by atoms with E-state index >= 15 is 0 Å². The predicted molar refractivity (Wildman–Crippen MR) is 432 cm³/mol. The Labute approximate surface area is 645 Å². The zero-order valence-electron chi connectivity index (χ0n) is 69.4. The molecule has 0 radical (unpaired) electrons. The standard InChI is InChI=1S/C86H168O17P2/c1-9-79(8)65-57-49-41-33-27-21-17-12-10-11-13-18-22-28-35-43-52-60-68-85(90)102-81(72-96-83(88)66-58-50-42-34-30-24-26-32-39-47-55-63-77(4)5)74-100-104(92,93)98-70-80(87)71-99-105(94,95)101-75-82(73-97-84(89)67-59-51-45-37-40-48-56-64-78(6)7)103-86(91)69-61-53-44-36-29-23-19-15-14-16-20-25-31-38-46-54-62-76(2)3/h76-82,87H,9-75H2,1-8H3,(H,92,93)(H,94,95)/t79?,80?,81-,82-/m1/s1. The molecule has 0 saturated carbocycles. The molecule has 0 aliphatic rings. The molecule has 0 rings (SSSR count). The molecule has 0 saturated heterocycles. The van der Waals surface area contributed by atoms with Crippen molar-refractivity contribution in [2.24, 2.45) is 23.7 Å². The van der Waals surface area contributed by atoms with Gasteiger partial charge in [0, 0.05) is 25.7 Å². The summed E-state index contributed by atoms with van der Waals surface area (Å²) in [7, 11) is -9.93. The van der Waals surface area contributed by atoms with Gasteiger partial charge in [-0.2, -0.15) is 0 Å². The summed E-state index contributed by atoms with van der Waals surface area (Å²) in [6, 6.07) is 0. The van der Waals surface area contributed by atoms with Gasteiger partial charge in [-0.15, -0.1) is 0 Å². The Balaban J connectivity index is 5.20. The minimum absolute atomic E-state index is 0.107. The van der Waals surface area contributed by atoms with E-state index in [-0.39, 0.29) is 25.7 Å². The quantitative estimate of drug-likeness (QED) is 0.0222. The van der Waals surface area contributed by atoms with Gasteiger partial charge in [0.2, 0.25) is 0 Å². The van der Waals surface area contributed by atoms with Crippen molar-refractivity contribution in [3.63, 3.8) is 0 Å². The Morgan fingerprint density at radius 1 is 0.267 bits per heavy atom. The van der Waals surface area contributed by atoms with E-state index in [2.05, 4.69) is 55.4 Å². The van der Waals surface area contributed by atoms with Gasteiger partial charge in [0.15, 0.2) is 12.2 Å². The second-order valence-corrected chi connectivity index (χ2v) is 35.5. The van der Waals surface area contributed by atoms with Crippen LogP contribution in [-0.2, 0) is 65.4 Å². The van der Waals surface area contributed by atoms with Crippen LogP contribution in [0.5, 0.6) is 0 Å². The van der Waals surface area contributed by atoms with E-state index in [9.17, 15) is 43.2 Å². The molecule has 105 heavy (non-hydrogen) atoms. The normalized spacial score (nSPS) is 14.2. The maximum absolute atomic E-state index is 13.1. The molecule has 0 aromatic heterocycles. The van der Waals surface area contributed by atoms with Crippen molar-refractivity contribution >= 4 is 39.5 Å². The van der Waals surface area contributed by atoms with Crippen molar-refractivity contribution < 1.29 is 80.2 Å². The zero-order valence-corrected chi connectivity index (χ0v) is 71.2. The zero-order chi connectivity index (χ0) is 77.4. The molecule has 624 valence electrons. The molecule has 19 heteroatoms. The molecule has 0 spiro atoms. The first-order chi connectivity index (χ1) is 50.6. The van der Waals surface area contributed by atoms with Crippen molar-refractivity contribution in [2.45, 2.75) is 465 Å². The van der Waals surface area contributed by atoms with E-state index in [4.69, 9.17) is 37.0 Å². The van der Waals surface area contributed by atoms with Gasteiger partial charge in [-0.1, -0.05) is 396 Å². The molecule has 0 bridgehead atoms. The monoisotopic (exact) mass is 1540 g/mol. The lowest BCUT2D eigenvalue weighted by atomic mass is 9.99. The molecule has 4 unspecified atom stereocenters. The topological polar surface area (TPSA) is 237 Å². The molecule has 0 aromatic carbocycles. The van der Waals surface area contributed by atoms with Crippen molar-refractivity contribution in [1.82, 2.24) is 0 Å². The lowest BCUT2D eigenvalue weighted by Gasteiger charge is -2.21. The third-order valence-corrected chi connectivity index (χ3v) is 22.3. The maximum atomic E-state index is 13.1. The third-order valence-electron chi connectivity index (χ3n) is 20.4. The molecule has 0 fully saturated rings. The summed E-state index contributed by atoms with van der Waals surface area (Å²) in [5.41, 5.74) is 0. The van der Waals surface area contributed by atoms with Crippen molar-refractivity contribution in [1.29, 1.82) is 0 Å². The lowest BCUT2D eigenvalue weighted by Crippen LogP contribution is -2.30. The smallest absolute Gasteiger partial charge is 0.462 e. The van der Waals surface area contributed by atoms with Crippen LogP contribution in [0.1, 0.15) is 447 Å². The van der Waals surface area contributed by atoms with E-state index in [1.165, 1.54) is 244 Å². The Bertz CT molecular complexity index is 2040. The van der Waals surface area contributed by atoms with E-state index in [0.717, 1.165) is 114 Å². The van der Waals surface area contributed by atoms with Gasteiger partial charge in [0.25, 0.3) is 0 Å². The van der Waals surface area contributed by atoms with Crippen LogP contribution >= 0.6 is 15.6 Å². The van der Waals surface area contributed by atoms with Gasteiger partial charge in [-0.05, 0) is 49.4 Å². The van der Waals surface area contributed by atoms with Crippen molar-refractivity contribution in [2.75, 3.05) is 39.6 Å². The number of aliphatic hydroxyl groups is 1. The number of phosphoric ester groups is 2. The average Bonchev–Trinajstić information content (AvgIpc) is 0.908. The number of rotatable bonds is 83. The van der Waals surface area contributed by atoms with Gasteiger partial charge in [0.1, 0.15) is 19.3 Å². The number of hydrogen-bond donors (Lipinski definition) is 3. The predicted octanol–water partition coefficient (Wildman–Crippen LogP) is 25.9. The molecular formula is C86H168O17P2. The molecule has 0 heterocycles. The van der Waals surface area contributed by atoms with Gasteiger partial charge < -0.3 is 33.8 Å². The van der Waals surface area contributed by atoms with Crippen LogP contribution in [0.3, 0.4) is 0 Å². The largest absolute Gasteiger partial charge is 0.472 e. The summed E-state index contributed by atoms with van der Waals surface area (Å²) in [5.74, 6) is 1.05. The summed E-state index contributed by atoms with van der Waals surface area (Å²) in [6.07, 6.45) is 64.0. The summed E-state index contributed by atoms with van der Waals surface area (Å²) >= 11 is 0. The van der Waals surface area contributed by atoms with Crippen LogP contribution in [0.4, 0.5) is 0 Å². The highest BCUT2D eigenvalue weighted by molar-refractivity contribution is 7.47. The van der Waals surface area contributed by atoms with E-state index in [1.54, 1.807) is 0 Å². The number of unbranched alkanes of at least 4 members (excludes halogenated alkanes) is 48. The van der Waals surface area contributed by atoms with Gasteiger partial charge in [-0.25, -0.2) is 9.13 Å². The Morgan fingerprint density at radius 3 is 0.676 bits per heavy atom. The molecule has 0 aliphatic carbocycles. The minimum atomic E-state index is -4.97. The number of carbonyl (C=O) groups is 4. The van der Waals surface area contributed by atoms with Crippen LogP contribution in [0.15, 0.2) is 0 Å². The minimum Gasteiger partial charge on any atom is -0.462 e. The molecular weight excluding hydrogens is 1370 g/mol. The van der Waals surface area contributed by atoms with Gasteiger partial charge in [0.05, 0.1) is 26.4 Å². The Morgan fingerprint density at radius 2 is 0.457 bits per heavy atom. The van der Waals surface area contributed by atoms with Crippen LogP contribution < -0.4 is 0 Å². The number of esters is 4. The van der Waals surface area contributed by atoms with E-state index < -0.39 is 97.5 Å². The molecule has 17 nitrogen and oxygen atoms in total. The number of phosphoric acid groups is 2. The highest BCUT2D eigenvalue weighted by Gasteiger charge is 2.31. The van der Waals surface area contributed by atoms with Gasteiger partial charge in [-0.3, -0.25) is 37.3 Å². The fourth-order valence-electron chi connectivity index (χ4n) is 13.3. The third kappa shape index (κ3) is 78.5. The maximum Gasteiger partial charge on any atom is 0.472 e. The van der Waals surface area contributed by atoms with Crippen LogP contribution in [-0.4, -0.2) is 96.7 Å². The fourth-order valence-corrected chi connectivity index (χ4v) is 14.9. The second kappa shape index (κ2) is 74.8. The number of hydrogen-bond acceptors (Lipinski definition) is 15. The van der Waals surface area contributed by atoms with Gasteiger partial charge >= 0.3 is 39.5 Å². The van der Waals surface area contributed by atoms with Crippen molar-refractivity contribution in [3.05, 3.63) is 0 Å². The Kier molecular flexibility index (Phi) is 73.4. The summed E-state index contributed by atoms with van der Waals surface area (Å²) in [5, 5.41) is 10.7. The number of carbonyl (C=O) groups excluding carboxylic acids is 4. The second-order valence-electron chi connectivity index (χ2n) is 32.6. The van der Waals surface area contributed by atoms with Crippen molar-refractivity contribution in [3.8, 4) is 0 Å². The molecule has 0 amide bonds. The van der Waals surface area contributed by atoms with Crippen LogP contribution in [0.2, 0.25) is 0 Å². The number of aliphatic hydroxyl groups excluding tert-OH is 1.